The molecule has 0 aliphatic rings. The number of carboxylic acids is 1. The second-order valence-electron chi connectivity index (χ2n) is 5.15. The van der Waals surface area contributed by atoms with E-state index >= 15 is 0 Å². The Morgan fingerprint density at radius 3 is 2.68 bits per heavy atom. The van der Waals surface area contributed by atoms with Crippen LogP contribution in [0.3, 0.4) is 0 Å². The monoisotopic (exact) mass is 267 g/mol. The Morgan fingerprint density at radius 2 is 2.05 bits per heavy atom. The molecule has 0 saturated heterocycles. The zero-order chi connectivity index (χ0) is 14.3. The van der Waals surface area contributed by atoms with Gasteiger partial charge in [0.05, 0.1) is 0 Å². The summed E-state index contributed by atoms with van der Waals surface area (Å²) in [6.45, 7) is 5.68. The van der Waals surface area contributed by atoms with E-state index < -0.39 is 5.97 Å². The van der Waals surface area contributed by atoms with Gasteiger partial charge in [-0.05, 0) is 12.1 Å². The van der Waals surface area contributed by atoms with Crippen LogP contribution in [0, 0.1) is 5.41 Å². The van der Waals surface area contributed by atoms with E-state index in [0.29, 0.717) is 25.4 Å². The van der Waals surface area contributed by atoms with Crippen molar-refractivity contribution in [1.82, 2.24) is 5.32 Å². The lowest BCUT2D eigenvalue weighted by atomic mass is 9.95. The van der Waals surface area contributed by atoms with Gasteiger partial charge in [-0.1, -0.05) is 26.0 Å². The number of aliphatic hydroxyl groups is 1. The topological polar surface area (TPSA) is 78.8 Å². The third-order valence-electron chi connectivity index (χ3n) is 2.69. The van der Waals surface area contributed by atoms with E-state index in [2.05, 4.69) is 5.32 Å². The molecular formula is C14H21NO4. The molecule has 3 N–H and O–H groups in total. The van der Waals surface area contributed by atoms with Crippen LogP contribution in [0.1, 0.15) is 24.2 Å². The van der Waals surface area contributed by atoms with E-state index in [-0.39, 0.29) is 17.6 Å². The number of rotatable bonds is 8. The van der Waals surface area contributed by atoms with Crippen LogP contribution in [0.2, 0.25) is 0 Å². The summed E-state index contributed by atoms with van der Waals surface area (Å²) in [4.78, 5) is 11.0. The summed E-state index contributed by atoms with van der Waals surface area (Å²) in [6.07, 6.45) is 0. The molecule has 0 unspecified atom stereocenters. The molecule has 1 aromatic carbocycles. The van der Waals surface area contributed by atoms with Crippen molar-refractivity contribution < 1.29 is 19.7 Å². The van der Waals surface area contributed by atoms with Crippen LogP contribution in [-0.2, 0) is 0 Å². The number of ether oxygens (including phenoxy) is 1. The molecule has 1 rings (SSSR count). The van der Waals surface area contributed by atoms with Gasteiger partial charge in [-0.25, -0.2) is 4.79 Å². The Bertz CT molecular complexity index is 418. The highest BCUT2D eigenvalue weighted by atomic mass is 16.5. The lowest BCUT2D eigenvalue weighted by Crippen LogP contribution is -2.34. The number of benzene rings is 1. The summed E-state index contributed by atoms with van der Waals surface area (Å²) in [5.41, 5.74) is -0.00270. The molecule has 19 heavy (non-hydrogen) atoms. The van der Waals surface area contributed by atoms with Gasteiger partial charge in [-0.2, -0.15) is 0 Å². The van der Waals surface area contributed by atoms with Crippen molar-refractivity contribution >= 4 is 5.97 Å². The third-order valence-corrected chi connectivity index (χ3v) is 2.69. The van der Waals surface area contributed by atoms with Crippen molar-refractivity contribution in [1.29, 1.82) is 0 Å². The number of hydrogen-bond acceptors (Lipinski definition) is 4. The van der Waals surface area contributed by atoms with Crippen LogP contribution in [0.15, 0.2) is 24.3 Å². The van der Waals surface area contributed by atoms with Gasteiger partial charge in [0, 0.05) is 25.1 Å². The molecule has 0 aliphatic heterocycles. The van der Waals surface area contributed by atoms with Gasteiger partial charge in [0.2, 0.25) is 0 Å². The normalized spacial score (nSPS) is 11.3. The number of aromatic carboxylic acids is 1. The zero-order valence-electron chi connectivity index (χ0n) is 11.3. The molecular weight excluding hydrogens is 246 g/mol. The van der Waals surface area contributed by atoms with E-state index in [9.17, 15) is 4.79 Å². The molecule has 5 heteroatoms. The highest BCUT2D eigenvalue weighted by Gasteiger charge is 2.15. The van der Waals surface area contributed by atoms with Crippen molar-refractivity contribution in [3.8, 4) is 5.75 Å². The molecule has 0 saturated carbocycles. The number of carboxylic acid groups (broad SMARTS) is 1. The Labute approximate surface area is 113 Å². The van der Waals surface area contributed by atoms with Crippen molar-refractivity contribution in [2.75, 3.05) is 26.3 Å². The van der Waals surface area contributed by atoms with Gasteiger partial charge >= 0.3 is 5.97 Å². The first-order chi connectivity index (χ1) is 8.96. The molecule has 1 aromatic rings. The first-order valence-corrected chi connectivity index (χ1v) is 6.23. The molecule has 0 atom stereocenters. The predicted molar refractivity (Wildman–Crippen MR) is 72.6 cm³/mol. The Kier molecular flexibility index (Phi) is 5.79. The molecule has 0 radical (unpaired) electrons. The quantitative estimate of drug-likeness (QED) is 0.620. The van der Waals surface area contributed by atoms with Crippen molar-refractivity contribution in [3.05, 3.63) is 29.8 Å². The minimum absolute atomic E-state index is 0.114. The minimum Gasteiger partial charge on any atom is -0.491 e. The Balaban J connectivity index is 2.36. The highest BCUT2D eigenvalue weighted by Crippen LogP contribution is 2.17. The van der Waals surface area contributed by atoms with Crippen LogP contribution in [0.5, 0.6) is 5.75 Å². The summed E-state index contributed by atoms with van der Waals surface area (Å²) in [7, 11) is 0. The van der Waals surface area contributed by atoms with Gasteiger partial charge < -0.3 is 20.3 Å². The third kappa shape index (κ3) is 5.28. The average molecular weight is 267 g/mol. The molecule has 0 bridgehead atoms. The van der Waals surface area contributed by atoms with Crippen molar-refractivity contribution in [2.24, 2.45) is 5.41 Å². The number of carbonyl (C=O) groups is 1. The fraction of sp³-hybridized carbons (Fsp3) is 0.500. The number of aliphatic hydroxyl groups excluding tert-OH is 1. The van der Waals surface area contributed by atoms with Gasteiger partial charge in [-0.15, -0.1) is 0 Å². The predicted octanol–water partition coefficient (Wildman–Crippen LogP) is 1.37. The molecule has 0 fully saturated rings. The van der Waals surface area contributed by atoms with Crippen molar-refractivity contribution in [3.63, 3.8) is 0 Å². The number of hydrogen-bond donors (Lipinski definition) is 3. The highest BCUT2D eigenvalue weighted by molar-refractivity contribution is 5.90. The fourth-order valence-electron chi connectivity index (χ4n) is 1.49. The SMILES string of the molecule is CC(C)(CO)CNCCOc1ccccc1C(=O)O. The van der Waals surface area contributed by atoms with Gasteiger partial charge in [0.25, 0.3) is 0 Å². The lowest BCUT2D eigenvalue weighted by Gasteiger charge is -2.21. The van der Waals surface area contributed by atoms with Crippen LogP contribution in [0.25, 0.3) is 0 Å². The van der Waals surface area contributed by atoms with Crippen molar-refractivity contribution in [2.45, 2.75) is 13.8 Å². The maximum Gasteiger partial charge on any atom is 0.339 e. The van der Waals surface area contributed by atoms with Crippen LogP contribution < -0.4 is 10.1 Å². The molecule has 5 nitrogen and oxygen atoms in total. The van der Waals surface area contributed by atoms with Crippen LogP contribution in [0.4, 0.5) is 0 Å². The molecule has 0 spiro atoms. The molecule has 0 aromatic heterocycles. The van der Waals surface area contributed by atoms with Gasteiger partial charge in [-0.3, -0.25) is 0 Å². The second-order valence-corrected chi connectivity index (χ2v) is 5.15. The first kappa shape index (κ1) is 15.5. The van der Waals surface area contributed by atoms with E-state index in [4.69, 9.17) is 14.9 Å². The molecule has 0 amide bonds. The van der Waals surface area contributed by atoms with Crippen LogP contribution in [-0.4, -0.2) is 42.5 Å². The van der Waals surface area contributed by atoms with E-state index in [1.54, 1.807) is 18.2 Å². The van der Waals surface area contributed by atoms with Crippen LogP contribution >= 0.6 is 0 Å². The second kappa shape index (κ2) is 7.11. The molecule has 106 valence electrons. The van der Waals surface area contributed by atoms with Gasteiger partial charge in [0.15, 0.2) is 0 Å². The number of nitrogens with one attached hydrogen (secondary N) is 1. The largest absolute Gasteiger partial charge is 0.491 e. The Morgan fingerprint density at radius 1 is 1.37 bits per heavy atom. The fourth-order valence-corrected chi connectivity index (χ4v) is 1.49. The summed E-state index contributed by atoms with van der Waals surface area (Å²) in [6, 6.07) is 6.56. The maximum absolute atomic E-state index is 11.0. The first-order valence-electron chi connectivity index (χ1n) is 6.23. The summed E-state index contributed by atoms with van der Waals surface area (Å²) in [5.74, 6) is -0.622. The number of para-hydroxylation sites is 1. The zero-order valence-corrected chi connectivity index (χ0v) is 11.3. The molecule has 0 heterocycles. The summed E-state index contributed by atoms with van der Waals surface area (Å²) in [5, 5.41) is 21.2. The maximum atomic E-state index is 11.0. The summed E-state index contributed by atoms with van der Waals surface area (Å²) < 4.78 is 5.44. The van der Waals surface area contributed by atoms with E-state index in [1.807, 2.05) is 13.8 Å². The lowest BCUT2D eigenvalue weighted by molar-refractivity contribution is 0.0692. The van der Waals surface area contributed by atoms with Gasteiger partial charge in [0.1, 0.15) is 17.9 Å². The minimum atomic E-state index is -0.995. The smallest absolute Gasteiger partial charge is 0.339 e. The average Bonchev–Trinajstić information content (AvgIpc) is 2.38. The van der Waals surface area contributed by atoms with E-state index in [1.165, 1.54) is 6.07 Å². The Hall–Kier alpha value is -1.59. The standard InChI is InChI=1S/C14H21NO4/c1-14(2,10-16)9-15-7-8-19-12-6-4-3-5-11(12)13(17)18/h3-6,15-16H,7-10H2,1-2H3,(H,17,18). The van der Waals surface area contributed by atoms with E-state index in [0.717, 1.165) is 0 Å². The summed E-state index contributed by atoms with van der Waals surface area (Å²) >= 11 is 0. The molecule has 0 aliphatic carbocycles.